The van der Waals surface area contributed by atoms with Crippen LogP contribution in [0, 0.1) is 0 Å². The first-order valence-electron chi connectivity index (χ1n) is 60.1. The second-order valence-electron chi connectivity index (χ2n) is 42.4. The maximum absolute atomic E-state index is 3.01. The van der Waals surface area contributed by atoms with Crippen molar-refractivity contribution in [1.29, 1.82) is 0 Å². The van der Waals surface area contributed by atoms with E-state index in [1.54, 1.807) is 16.7 Å². The normalized spacial score (nSPS) is 11.9. The Bertz CT molecular complexity index is 2310. The van der Waals surface area contributed by atoms with Crippen molar-refractivity contribution in [3.05, 3.63) is 86.5 Å². The van der Waals surface area contributed by atoms with Gasteiger partial charge < -0.3 is 0 Å². The van der Waals surface area contributed by atoms with E-state index >= 15 is 0 Å². The molecule has 0 aliphatic carbocycles. The number of hydrogen-bond acceptors (Lipinski definition) is 0. The maximum atomic E-state index is 3.01. The van der Waals surface area contributed by atoms with Gasteiger partial charge in [0.1, 0.15) is 10.9 Å². The molecule has 0 aliphatic rings. The molecule has 0 aliphatic heterocycles. The van der Waals surface area contributed by atoms with Crippen LogP contribution in [0.15, 0.2) is 51.1 Å². The van der Waals surface area contributed by atoms with Crippen molar-refractivity contribution >= 4 is 10.9 Å². The van der Waals surface area contributed by atoms with Gasteiger partial charge in [-0.15, -0.1) is 0 Å². The van der Waals surface area contributed by atoms with Crippen molar-refractivity contribution in [2.75, 3.05) is 0 Å². The van der Waals surface area contributed by atoms with Crippen molar-refractivity contribution in [2.45, 2.75) is 713 Å². The second-order valence-corrected chi connectivity index (χ2v) is 44.3. The summed E-state index contributed by atoms with van der Waals surface area (Å²) in [6.45, 7) is 21.5. The lowest BCUT2D eigenvalue weighted by molar-refractivity contribution is 0.552. The Hall–Kier alpha value is -1.99. The average molecular weight is 1780 g/mol. The smallest absolute Gasteiger partial charge is 0.0654 e. The predicted molar refractivity (Wildman–Crippen MR) is 581 cm³/mol. The van der Waals surface area contributed by atoms with Gasteiger partial charge in [0.15, 0.2) is 14.7 Å². The van der Waals surface area contributed by atoms with Gasteiger partial charge in [0, 0.05) is 33.4 Å². The van der Waals surface area contributed by atoms with Gasteiger partial charge in [-0.3, -0.25) is 0 Å². The topological polar surface area (TPSA) is 0 Å². The van der Waals surface area contributed by atoms with Gasteiger partial charge in [0.05, 0.1) is 0 Å². The predicted octanol–water partition coefficient (Wildman–Crippen LogP) is 45.0. The van der Waals surface area contributed by atoms with Gasteiger partial charge >= 0.3 is 0 Å². The summed E-state index contributed by atoms with van der Waals surface area (Å²) in [7, 11) is -0.240. The van der Waals surface area contributed by atoms with Crippen molar-refractivity contribution in [2.24, 2.45) is 0 Å². The Labute approximate surface area is 804 Å². The highest BCUT2D eigenvalue weighted by atomic mass is 32.2. The molecule has 0 fully saturated rings. The Morgan fingerprint density at radius 1 is 0.110 bits per heavy atom. The summed E-state index contributed by atoms with van der Waals surface area (Å²) in [5, 5.41) is 0. The minimum atomic E-state index is -0.240. The molecule has 0 nitrogen and oxygen atoms in total. The fourth-order valence-electron chi connectivity index (χ4n) is 21.4. The molecule has 0 atom stereocenters. The molecular formula is C126H231S+. The largest absolute Gasteiger partial charge is 0.172 e. The molecule has 0 spiro atoms. The van der Waals surface area contributed by atoms with Crippen molar-refractivity contribution in [3.8, 4) is 0 Å². The molecule has 127 heavy (non-hydrogen) atoms. The molecule has 0 amide bonds. The van der Waals surface area contributed by atoms with Gasteiger partial charge in [-0.25, -0.2) is 0 Å². The molecule has 0 heterocycles. The van der Waals surface area contributed by atoms with Gasteiger partial charge in [-0.1, -0.05) is 619 Å². The van der Waals surface area contributed by atoms with E-state index in [9.17, 15) is 0 Å². The minimum Gasteiger partial charge on any atom is -0.0654 e. The fourth-order valence-corrected chi connectivity index (χ4v) is 24.5. The molecule has 0 aromatic heterocycles. The van der Waals surface area contributed by atoms with Crippen LogP contribution in [0.5, 0.6) is 0 Å². The number of aryl methyl sites for hydroxylation is 9. The lowest BCUT2D eigenvalue weighted by atomic mass is 9.94. The van der Waals surface area contributed by atoms with Gasteiger partial charge in [-0.05, 0) is 132 Å². The van der Waals surface area contributed by atoms with Crippen LogP contribution >= 0.6 is 0 Å². The van der Waals surface area contributed by atoms with Crippen molar-refractivity contribution in [3.63, 3.8) is 0 Å². The number of hydrogen-bond donors (Lipinski definition) is 0. The zero-order valence-corrected chi connectivity index (χ0v) is 89.7. The Kier molecular flexibility index (Phi) is 87.3. The van der Waals surface area contributed by atoms with Crippen LogP contribution in [0.1, 0.15) is 690 Å². The number of unbranched alkanes of at least 4 members (excludes halogenated alkanes) is 81. The molecule has 1 heteroatoms. The Morgan fingerprint density at radius 3 is 0.299 bits per heavy atom. The van der Waals surface area contributed by atoms with E-state index in [0.29, 0.717) is 0 Å². The second kappa shape index (κ2) is 93.0. The minimum absolute atomic E-state index is 0.240. The third-order valence-corrected chi connectivity index (χ3v) is 32.6. The number of benzene rings is 3. The molecule has 740 valence electrons. The van der Waals surface area contributed by atoms with E-state index in [0.717, 1.165) is 0 Å². The lowest BCUT2D eigenvalue weighted by Crippen LogP contribution is -2.20. The third kappa shape index (κ3) is 67.0. The third-order valence-electron chi connectivity index (χ3n) is 29.8. The summed E-state index contributed by atoms with van der Waals surface area (Å²) >= 11 is 0. The molecule has 0 saturated heterocycles. The highest BCUT2D eigenvalue weighted by Crippen LogP contribution is 2.47. The summed E-state index contributed by atoms with van der Waals surface area (Å²) in [4.78, 5) is 5.72. The van der Waals surface area contributed by atoms with Crippen LogP contribution in [0.3, 0.4) is 0 Å². The van der Waals surface area contributed by atoms with Crippen LogP contribution in [0.2, 0.25) is 0 Å². The first-order valence-corrected chi connectivity index (χ1v) is 61.3. The molecular weight excluding hydrogens is 1550 g/mol. The zero-order chi connectivity index (χ0) is 90.8. The first-order chi connectivity index (χ1) is 62.9. The monoisotopic (exact) mass is 1780 g/mol. The SMILES string of the molecule is CCCCCCCCCCCCc1cc(CCCCCCCCCCCC)c([S+](c2c(CCCCCCCCCCCC)cc(CCCCCCCCCCCC)cc2CCCCCCCCCCCC)c2c(CCCCCCCCCCCC)cc(CCCCCCCCCCCC)cc2CCCCCCCCCCCC)c(CCCCCCCCCCCC)c1. The average Bonchev–Trinajstić information content (AvgIpc) is 0.740. The lowest BCUT2D eigenvalue weighted by Gasteiger charge is -2.26. The Morgan fingerprint density at radius 2 is 0.197 bits per heavy atom. The molecule has 0 saturated carbocycles. The summed E-state index contributed by atoms with van der Waals surface area (Å²) in [5.74, 6) is 0. The van der Waals surface area contributed by atoms with Crippen LogP contribution in [-0.4, -0.2) is 0 Å². The van der Waals surface area contributed by atoms with E-state index in [1.165, 1.54) is 636 Å². The highest BCUT2D eigenvalue weighted by molar-refractivity contribution is 7.97. The quantitative estimate of drug-likeness (QED) is 0.0390. The van der Waals surface area contributed by atoms with Gasteiger partial charge in [0.25, 0.3) is 0 Å². The van der Waals surface area contributed by atoms with Crippen LogP contribution in [0.4, 0.5) is 0 Å². The summed E-state index contributed by atoms with van der Waals surface area (Å²) in [5.41, 5.74) is 16.2. The van der Waals surface area contributed by atoms with Crippen LogP contribution in [-0.2, 0) is 68.7 Å². The van der Waals surface area contributed by atoms with Crippen LogP contribution < -0.4 is 0 Å². The molecule has 0 bridgehead atoms. The Balaban J connectivity index is 2.73. The zero-order valence-electron chi connectivity index (χ0n) is 88.9. The molecule has 3 aromatic carbocycles. The fraction of sp³-hybridized carbons (Fsp3) is 0.857. The summed E-state index contributed by atoms with van der Waals surface area (Å²) in [6, 6.07) is 18.0. The molecule has 0 N–H and O–H groups in total. The molecule has 0 unspecified atom stereocenters. The standard InChI is InChI=1S/C126H231S/c1-10-19-28-37-46-55-64-73-82-91-100-115-109-118(103-94-85-76-67-58-49-40-31-22-13-4)124(119(110-115)104-95-86-77-68-59-50-41-32-23-14-5)127(125-120(105-96-87-78-69-60-51-42-33-24-15-6)111-116(101-92-83-74-65-56-47-38-29-20-11-2)112-121(125)106-97-88-79-70-61-52-43-34-25-16-7)126-122(107-98-89-80-71-62-53-44-35-26-17-8)113-117(102-93-84-75-66-57-48-39-30-21-12-3)114-123(126)108-99-90-81-72-63-54-45-36-27-18-9/h109-114H,10-108H2,1-9H3/q+1. The maximum Gasteiger partial charge on any atom is 0.172 e. The first kappa shape index (κ1) is 119. The number of rotatable bonds is 102. The van der Waals surface area contributed by atoms with Crippen molar-refractivity contribution in [1.82, 2.24) is 0 Å². The van der Waals surface area contributed by atoms with Crippen LogP contribution in [0.25, 0.3) is 0 Å². The highest BCUT2D eigenvalue weighted by Gasteiger charge is 2.42. The summed E-state index contributed by atoms with van der Waals surface area (Å²) in [6.07, 6.45) is 139. The summed E-state index contributed by atoms with van der Waals surface area (Å²) < 4.78 is 0. The molecule has 0 radical (unpaired) electrons. The van der Waals surface area contributed by atoms with E-state index in [4.69, 9.17) is 0 Å². The van der Waals surface area contributed by atoms with E-state index in [-0.39, 0.29) is 10.9 Å². The van der Waals surface area contributed by atoms with E-state index < -0.39 is 0 Å². The molecule has 3 aromatic rings. The van der Waals surface area contributed by atoms with Crippen molar-refractivity contribution < 1.29 is 0 Å². The van der Waals surface area contributed by atoms with Gasteiger partial charge in [0.2, 0.25) is 0 Å². The van der Waals surface area contributed by atoms with E-state index in [2.05, 4.69) is 98.7 Å². The molecule has 3 rings (SSSR count). The van der Waals surface area contributed by atoms with Gasteiger partial charge in [-0.2, -0.15) is 0 Å². The van der Waals surface area contributed by atoms with E-state index in [1.807, 2.05) is 48.1 Å².